The van der Waals surface area contributed by atoms with Gasteiger partial charge in [0, 0.05) is 16.4 Å². The maximum Gasteiger partial charge on any atom is 0.241 e. The van der Waals surface area contributed by atoms with Crippen molar-refractivity contribution in [2.24, 2.45) is 5.92 Å². The van der Waals surface area contributed by atoms with Crippen LogP contribution in [0.5, 0.6) is 0 Å². The van der Waals surface area contributed by atoms with Crippen LogP contribution in [0.2, 0.25) is 0 Å². The van der Waals surface area contributed by atoms with Gasteiger partial charge in [-0.15, -0.1) is 11.8 Å². The quantitative estimate of drug-likeness (QED) is 0.585. The highest BCUT2D eigenvalue weighted by Gasteiger charge is 2.26. The molecule has 1 aliphatic rings. The van der Waals surface area contributed by atoms with Crippen LogP contribution in [0, 0.1) is 12.8 Å². The van der Waals surface area contributed by atoms with E-state index in [-0.39, 0.29) is 11.8 Å². The van der Waals surface area contributed by atoms with Gasteiger partial charge in [-0.25, -0.2) is 0 Å². The zero-order chi connectivity index (χ0) is 20.9. The molecule has 6 nitrogen and oxygen atoms in total. The van der Waals surface area contributed by atoms with E-state index in [4.69, 9.17) is 4.52 Å². The Morgan fingerprint density at radius 1 is 1.17 bits per heavy atom. The first-order valence-corrected chi connectivity index (χ1v) is 11.4. The van der Waals surface area contributed by atoms with Crippen LogP contribution < -0.4 is 5.32 Å². The first-order chi connectivity index (χ1) is 14.6. The number of para-hydroxylation sites is 1. The summed E-state index contributed by atoms with van der Waals surface area (Å²) in [6.07, 6.45) is 3.67. The molecular weight excluding hydrogens is 396 g/mol. The van der Waals surface area contributed by atoms with Crippen LogP contribution in [0.1, 0.15) is 24.3 Å². The second-order valence-corrected chi connectivity index (χ2v) is 8.47. The maximum absolute atomic E-state index is 12.7. The molecule has 0 radical (unpaired) electrons. The van der Waals surface area contributed by atoms with Gasteiger partial charge in [0.25, 0.3) is 0 Å². The molecule has 2 aromatic carbocycles. The number of piperidine rings is 1. The normalized spacial score (nSPS) is 15.3. The van der Waals surface area contributed by atoms with Gasteiger partial charge in [0.1, 0.15) is 0 Å². The summed E-state index contributed by atoms with van der Waals surface area (Å²) in [7, 11) is 0. The molecule has 1 aliphatic heterocycles. The SMILES string of the molecule is CSc1ccccc1NC(=O)C1CCN(Cc2nc(-c3ccc(C)cc3)no2)CC1. The van der Waals surface area contributed by atoms with Gasteiger partial charge in [-0.3, -0.25) is 9.69 Å². The Morgan fingerprint density at radius 3 is 2.63 bits per heavy atom. The molecule has 4 rings (SSSR count). The minimum absolute atomic E-state index is 0.0296. The van der Waals surface area contributed by atoms with E-state index in [1.54, 1.807) is 11.8 Å². The second kappa shape index (κ2) is 9.45. The summed E-state index contributed by atoms with van der Waals surface area (Å²) in [6, 6.07) is 16.0. The molecule has 1 aromatic heterocycles. The molecular formula is C23H26N4O2S. The maximum atomic E-state index is 12.7. The molecule has 1 N–H and O–H groups in total. The van der Waals surface area contributed by atoms with E-state index in [2.05, 4.69) is 27.3 Å². The molecule has 0 saturated carbocycles. The molecule has 1 fully saturated rings. The average molecular weight is 423 g/mol. The Labute approximate surface area is 181 Å². The summed E-state index contributed by atoms with van der Waals surface area (Å²) in [6.45, 7) is 4.34. The summed E-state index contributed by atoms with van der Waals surface area (Å²) in [5.74, 6) is 1.37. The number of thioether (sulfide) groups is 1. The van der Waals surface area contributed by atoms with Gasteiger partial charge in [0.15, 0.2) is 0 Å². The van der Waals surface area contributed by atoms with Gasteiger partial charge in [-0.1, -0.05) is 47.1 Å². The lowest BCUT2D eigenvalue weighted by Gasteiger charge is -2.30. The molecule has 2 heterocycles. The van der Waals surface area contributed by atoms with Crippen LogP contribution in [0.4, 0.5) is 5.69 Å². The van der Waals surface area contributed by atoms with E-state index >= 15 is 0 Å². The summed E-state index contributed by atoms with van der Waals surface area (Å²) in [5.41, 5.74) is 3.05. The Morgan fingerprint density at radius 2 is 1.90 bits per heavy atom. The molecule has 0 atom stereocenters. The second-order valence-electron chi connectivity index (χ2n) is 7.62. The van der Waals surface area contributed by atoms with Crippen molar-refractivity contribution < 1.29 is 9.32 Å². The third-order valence-electron chi connectivity index (χ3n) is 5.46. The van der Waals surface area contributed by atoms with Crippen molar-refractivity contribution >= 4 is 23.4 Å². The van der Waals surface area contributed by atoms with Gasteiger partial charge in [0.2, 0.25) is 17.6 Å². The molecule has 0 bridgehead atoms. The van der Waals surface area contributed by atoms with Crippen LogP contribution in [0.15, 0.2) is 57.9 Å². The van der Waals surface area contributed by atoms with Gasteiger partial charge in [-0.05, 0) is 51.2 Å². The monoisotopic (exact) mass is 422 g/mol. The number of amides is 1. The summed E-state index contributed by atoms with van der Waals surface area (Å²) < 4.78 is 5.45. The van der Waals surface area contributed by atoms with Crippen LogP contribution in [-0.4, -0.2) is 40.3 Å². The number of carbonyl (C=O) groups is 1. The molecule has 1 amide bonds. The lowest BCUT2D eigenvalue weighted by atomic mass is 9.96. The highest BCUT2D eigenvalue weighted by molar-refractivity contribution is 7.98. The van der Waals surface area contributed by atoms with Crippen LogP contribution >= 0.6 is 11.8 Å². The van der Waals surface area contributed by atoms with Crippen molar-refractivity contribution in [3.63, 3.8) is 0 Å². The third kappa shape index (κ3) is 4.91. The average Bonchev–Trinajstić information content (AvgIpc) is 3.23. The fourth-order valence-corrected chi connectivity index (χ4v) is 4.22. The number of nitrogens with one attached hydrogen (secondary N) is 1. The van der Waals surface area contributed by atoms with Gasteiger partial charge in [0.05, 0.1) is 12.2 Å². The summed E-state index contributed by atoms with van der Waals surface area (Å²) >= 11 is 1.64. The number of carbonyl (C=O) groups excluding carboxylic acids is 1. The summed E-state index contributed by atoms with van der Waals surface area (Å²) in [4.78, 5) is 20.6. The van der Waals surface area contributed by atoms with E-state index in [0.717, 1.165) is 42.1 Å². The number of anilines is 1. The van der Waals surface area contributed by atoms with E-state index in [0.29, 0.717) is 18.3 Å². The van der Waals surface area contributed by atoms with E-state index in [9.17, 15) is 4.79 Å². The molecule has 3 aromatic rings. The fourth-order valence-electron chi connectivity index (χ4n) is 3.67. The van der Waals surface area contributed by atoms with Crippen LogP contribution in [-0.2, 0) is 11.3 Å². The van der Waals surface area contributed by atoms with E-state index < -0.39 is 0 Å². The lowest BCUT2D eigenvalue weighted by molar-refractivity contribution is -0.121. The van der Waals surface area contributed by atoms with Crippen molar-refractivity contribution in [1.29, 1.82) is 0 Å². The first kappa shape index (κ1) is 20.6. The van der Waals surface area contributed by atoms with Gasteiger partial charge >= 0.3 is 0 Å². The Bertz CT molecular complexity index is 994. The molecule has 1 saturated heterocycles. The molecule has 0 spiro atoms. The molecule has 0 aliphatic carbocycles. The number of rotatable bonds is 6. The van der Waals surface area contributed by atoms with Gasteiger partial charge < -0.3 is 9.84 Å². The largest absolute Gasteiger partial charge is 0.338 e. The molecule has 30 heavy (non-hydrogen) atoms. The predicted molar refractivity (Wildman–Crippen MR) is 119 cm³/mol. The number of hydrogen-bond acceptors (Lipinski definition) is 6. The number of aromatic nitrogens is 2. The minimum Gasteiger partial charge on any atom is -0.338 e. The van der Waals surface area contributed by atoms with E-state index in [1.807, 2.05) is 54.8 Å². The molecule has 156 valence electrons. The zero-order valence-electron chi connectivity index (χ0n) is 17.3. The number of aryl methyl sites for hydroxylation is 1. The Balaban J connectivity index is 1.29. The highest BCUT2D eigenvalue weighted by atomic mass is 32.2. The minimum atomic E-state index is 0.0296. The molecule has 0 unspecified atom stereocenters. The van der Waals surface area contributed by atoms with Crippen molar-refractivity contribution in [3.8, 4) is 11.4 Å². The number of hydrogen-bond donors (Lipinski definition) is 1. The lowest BCUT2D eigenvalue weighted by Crippen LogP contribution is -2.37. The van der Waals surface area contributed by atoms with Crippen molar-refractivity contribution in [3.05, 3.63) is 60.0 Å². The van der Waals surface area contributed by atoms with Crippen molar-refractivity contribution in [2.75, 3.05) is 24.7 Å². The number of benzene rings is 2. The van der Waals surface area contributed by atoms with E-state index in [1.165, 1.54) is 5.56 Å². The summed E-state index contributed by atoms with van der Waals surface area (Å²) in [5, 5.41) is 7.21. The van der Waals surface area contributed by atoms with Crippen LogP contribution in [0.25, 0.3) is 11.4 Å². The van der Waals surface area contributed by atoms with Gasteiger partial charge in [-0.2, -0.15) is 4.98 Å². The standard InChI is InChI=1S/C23H26N4O2S/c1-16-7-9-17(10-8-16)22-25-21(29-26-22)15-27-13-11-18(12-14-27)23(28)24-19-5-3-4-6-20(19)30-2/h3-10,18H,11-15H2,1-2H3,(H,24,28). The Kier molecular flexibility index (Phi) is 6.50. The predicted octanol–water partition coefficient (Wildman–Crippen LogP) is 4.62. The third-order valence-corrected chi connectivity index (χ3v) is 6.26. The first-order valence-electron chi connectivity index (χ1n) is 10.2. The highest BCUT2D eigenvalue weighted by Crippen LogP contribution is 2.27. The fraction of sp³-hybridized carbons (Fsp3) is 0.348. The molecule has 7 heteroatoms. The van der Waals surface area contributed by atoms with Crippen molar-refractivity contribution in [2.45, 2.75) is 31.2 Å². The number of nitrogens with zero attached hydrogens (tertiary/aromatic N) is 3. The Hall–Kier alpha value is -2.64. The topological polar surface area (TPSA) is 71.3 Å². The number of likely N-dealkylation sites (tertiary alicyclic amines) is 1. The zero-order valence-corrected chi connectivity index (χ0v) is 18.1. The smallest absolute Gasteiger partial charge is 0.241 e. The van der Waals surface area contributed by atoms with Crippen LogP contribution in [0.3, 0.4) is 0 Å². The van der Waals surface area contributed by atoms with Crippen molar-refractivity contribution in [1.82, 2.24) is 15.0 Å².